The molecule has 0 heterocycles. The number of carbonyl (C=O) groups is 1. The number of alkyl halides is 3. The highest BCUT2D eigenvalue weighted by Crippen LogP contribution is 2.46. The third kappa shape index (κ3) is 2.59. The first kappa shape index (κ1) is 14.2. The molecule has 0 aliphatic heterocycles. The summed E-state index contributed by atoms with van der Waals surface area (Å²) in [5.74, 6) is -5.41. The molecule has 1 aromatic carbocycles. The van der Waals surface area contributed by atoms with Crippen LogP contribution in [0.4, 0.5) is 22.0 Å². The molecule has 0 saturated heterocycles. The number of carbonyl (C=O) groups excluding carboxylic acids is 1. The molecule has 1 fully saturated rings. The second-order valence-electron chi connectivity index (χ2n) is 4.49. The zero-order valence-electron chi connectivity index (χ0n) is 9.40. The quantitative estimate of drug-likeness (QED) is 0.449. The first-order valence-electron chi connectivity index (χ1n) is 5.46. The van der Waals surface area contributed by atoms with E-state index in [0.29, 0.717) is 0 Å². The van der Waals surface area contributed by atoms with E-state index >= 15 is 0 Å². The monoisotopic (exact) mass is 298 g/mol. The maximum atomic E-state index is 13.5. The molecule has 0 spiro atoms. The predicted octanol–water partition coefficient (Wildman–Crippen LogP) is 4.39. The molecule has 0 amide bonds. The molecular weight excluding hydrogens is 291 g/mol. The topological polar surface area (TPSA) is 17.1 Å². The van der Waals surface area contributed by atoms with Gasteiger partial charge in [-0.25, -0.2) is 8.78 Å². The number of benzene rings is 1. The van der Waals surface area contributed by atoms with Crippen LogP contribution in [-0.4, -0.2) is 12.0 Å². The summed E-state index contributed by atoms with van der Waals surface area (Å²) in [6.45, 7) is 0. The zero-order chi connectivity index (χ0) is 14.4. The van der Waals surface area contributed by atoms with Gasteiger partial charge in [0, 0.05) is 5.92 Å². The molecule has 7 heteroatoms. The van der Waals surface area contributed by atoms with E-state index in [9.17, 15) is 26.7 Å². The molecule has 0 bridgehead atoms. The Kier molecular flexibility index (Phi) is 3.55. The first-order valence-corrected chi connectivity index (χ1v) is 5.84. The van der Waals surface area contributed by atoms with Crippen molar-refractivity contribution in [3.63, 3.8) is 0 Å². The van der Waals surface area contributed by atoms with E-state index in [-0.39, 0.29) is 12.8 Å². The maximum Gasteiger partial charge on any atom is 0.391 e. The SMILES string of the molecule is O=C(c1ccc(F)c(Cl)c1F)C1CC(C(F)(F)F)C1. The Morgan fingerprint density at radius 3 is 2.32 bits per heavy atom. The lowest BCUT2D eigenvalue weighted by molar-refractivity contribution is -0.200. The first-order chi connectivity index (χ1) is 8.71. The van der Waals surface area contributed by atoms with Gasteiger partial charge in [-0.3, -0.25) is 4.79 Å². The molecular formula is C12H8ClF5O. The van der Waals surface area contributed by atoms with Gasteiger partial charge in [0.25, 0.3) is 0 Å². The highest BCUT2D eigenvalue weighted by molar-refractivity contribution is 6.31. The van der Waals surface area contributed by atoms with Gasteiger partial charge < -0.3 is 0 Å². The fourth-order valence-electron chi connectivity index (χ4n) is 2.04. The van der Waals surface area contributed by atoms with Crippen molar-refractivity contribution in [2.24, 2.45) is 11.8 Å². The minimum atomic E-state index is -4.34. The third-order valence-electron chi connectivity index (χ3n) is 3.27. The summed E-state index contributed by atoms with van der Waals surface area (Å²) in [7, 11) is 0. The van der Waals surface area contributed by atoms with Crippen molar-refractivity contribution in [1.82, 2.24) is 0 Å². The number of halogens is 6. The second-order valence-corrected chi connectivity index (χ2v) is 4.87. The van der Waals surface area contributed by atoms with E-state index < -0.39 is 46.0 Å². The molecule has 0 atom stereocenters. The van der Waals surface area contributed by atoms with Crippen LogP contribution in [0.3, 0.4) is 0 Å². The molecule has 1 saturated carbocycles. The van der Waals surface area contributed by atoms with Crippen molar-refractivity contribution in [2.45, 2.75) is 19.0 Å². The summed E-state index contributed by atoms with van der Waals surface area (Å²) in [4.78, 5) is 11.8. The minimum absolute atomic E-state index is 0.364. The average molecular weight is 299 g/mol. The molecule has 1 aliphatic carbocycles. The van der Waals surface area contributed by atoms with Gasteiger partial charge in [0.2, 0.25) is 0 Å². The lowest BCUT2D eigenvalue weighted by atomic mass is 9.71. The van der Waals surface area contributed by atoms with Crippen LogP contribution in [-0.2, 0) is 0 Å². The maximum absolute atomic E-state index is 13.5. The molecule has 104 valence electrons. The fourth-order valence-corrected chi connectivity index (χ4v) is 2.20. The van der Waals surface area contributed by atoms with Gasteiger partial charge in [-0.15, -0.1) is 0 Å². The third-order valence-corrected chi connectivity index (χ3v) is 3.62. The van der Waals surface area contributed by atoms with E-state index in [4.69, 9.17) is 11.6 Å². The van der Waals surface area contributed by atoms with Gasteiger partial charge in [0.05, 0.1) is 11.5 Å². The molecule has 2 rings (SSSR count). The lowest BCUT2D eigenvalue weighted by Crippen LogP contribution is -2.39. The van der Waals surface area contributed by atoms with Gasteiger partial charge in [-0.2, -0.15) is 13.2 Å². The van der Waals surface area contributed by atoms with Gasteiger partial charge >= 0.3 is 6.18 Å². The molecule has 19 heavy (non-hydrogen) atoms. The minimum Gasteiger partial charge on any atom is -0.294 e. The highest BCUT2D eigenvalue weighted by Gasteiger charge is 2.50. The Labute approximate surface area is 110 Å². The van der Waals surface area contributed by atoms with Gasteiger partial charge in [0.1, 0.15) is 10.8 Å². The van der Waals surface area contributed by atoms with Crippen molar-refractivity contribution in [1.29, 1.82) is 0 Å². The molecule has 0 unspecified atom stereocenters. The molecule has 1 nitrogen and oxygen atoms in total. The average Bonchev–Trinajstić information content (AvgIpc) is 2.21. The number of hydrogen-bond donors (Lipinski definition) is 0. The Bertz CT molecular complexity index is 520. The Morgan fingerprint density at radius 1 is 1.21 bits per heavy atom. The molecule has 0 radical (unpaired) electrons. The van der Waals surface area contributed by atoms with Crippen LogP contribution < -0.4 is 0 Å². The normalized spacial score (nSPS) is 23.1. The van der Waals surface area contributed by atoms with Gasteiger partial charge in [-0.05, 0) is 25.0 Å². The summed E-state index contributed by atoms with van der Waals surface area (Å²) >= 11 is 5.31. The van der Waals surface area contributed by atoms with Crippen molar-refractivity contribution in [3.8, 4) is 0 Å². The van der Waals surface area contributed by atoms with Crippen LogP contribution in [0.15, 0.2) is 12.1 Å². The van der Waals surface area contributed by atoms with Crippen LogP contribution in [0, 0.1) is 23.5 Å². The van der Waals surface area contributed by atoms with Crippen molar-refractivity contribution < 1.29 is 26.7 Å². The van der Waals surface area contributed by atoms with Crippen molar-refractivity contribution >= 4 is 17.4 Å². The van der Waals surface area contributed by atoms with Crippen LogP contribution in [0.5, 0.6) is 0 Å². The Balaban J connectivity index is 2.13. The summed E-state index contributed by atoms with van der Waals surface area (Å²) in [5, 5.41) is -0.822. The standard InChI is InChI=1S/C12H8ClF5O/c13-9-8(14)2-1-7(10(9)15)11(19)5-3-6(4-5)12(16,17)18/h1-2,5-6H,3-4H2. The highest BCUT2D eigenvalue weighted by atomic mass is 35.5. The number of ketones is 1. The molecule has 0 N–H and O–H groups in total. The zero-order valence-corrected chi connectivity index (χ0v) is 10.2. The number of Topliss-reactive ketones (excluding diaryl/α,β-unsaturated/α-hetero) is 1. The van der Waals surface area contributed by atoms with E-state index in [1.807, 2.05) is 0 Å². The van der Waals surface area contributed by atoms with E-state index in [1.165, 1.54) is 0 Å². The lowest BCUT2D eigenvalue weighted by Gasteiger charge is -2.35. The van der Waals surface area contributed by atoms with Crippen LogP contribution in [0.1, 0.15) is 23.2 Å². The fraction of sp³-hybridized carbons (Fsp3) is 0.417. The number of rotatable bonds is 2. The van der Waals surface area contributed by atoms with E-state index in [0.717, 1.165) is 12.1 Å². The van der Waals surface area contributed by atoms with Gasteiger partial charge in [0.15, 0.2) is 11.6 Å². The summed E-state index contributed by atoms with van der Waals surface area (Å²) < 4.78 is 63.3. The molecule has 1 aromatic rings. The second kappa shape index (κ2) is 4.74. The van der Waals surface area contributed by atoms with Crippen LogP contribution in [0.25, 0.3) is 0 Å². The van der Waals surface area contributed by atoms with Gasteiger partial charge in [-0.1, -0.05) is 11.6 Å². The largest absolute Gasteiger partial charge is 0.391 e. The summed E-state index contributed by atoms with van der Waals surface area (Å²) in [6, 6.07) is 1.72. The van der Waals surface area contributed by atoms with Crippen molar-refractivity contribution in [3.05, 3.63) is 34.4 Å². The predicted molar refractivity (Wildman–Crippen MR) is 58.0 cm³/mol. The van der Waals surface area contributed by atoms with E-state index in [2.05, 4.69) is 0 Å². The van der Waals surface area contributed by atoms with Crippen LogP contribution >= 0.6 is 11.6 Å². The van der Waals surface area contributed by atoms with E-state index in [1.54, 1.807) is 0 Å². The molecule has 0 aromatic heterocycles. The Hall–Kier alpha value is -1.17. The Morgan fingerprint density at radius 2 is 1.79 bits per heavy atom. The number of hydrogen-bond acceptors (Lipinski definition) is 1. The summed E-state index contributed by atoms with van der Waals surface area (Å²) in [6.07, 6.45) is -5.07. The molecule has 1 aliphatic rings. The van der Waals surface area contributed by atoms with Crippen molar-refractivity contribution in [2.75, 3.05) is 0 Å². The summed E-state index contributed by atoms with van der Waals surface area (Å²) in [5.41, 5.74) is -0.461. The van der Waals surface area contributed by atoms with Crippen LogP contribution in [0.2, 0.25) is 5.02 Å². The smallest absolute Gasteiger partial charge is 0.294 e.